The summed E-state index contributed by atoms with van der Waals surface area (Å²) >= 11 is 1.37. The molecule has 6 nitrogen and oxygen atoms in total. The monoisotopic (exact) mass is 267 g/mol. The highest BCUT2D eigenvalue weighted by Gasteiger charge is 2.21. The Morgan fingerprint density at radius 1 is 1.28 bits per heavy atom. The van der Waals surface area contributed by atoms with E-state index in [-0.39, 0.29) is 5.88 Å². The van der Waals surface area contributed by atoms with Crippen molar-refractivity contribution in [3.05, 3.63) is 28.0 Å². The minimum Gasteiger partial charge on any atom is -0.480 e. The average Bonchev–Trinajstić information content (AvgIpc) is 2.83. The molecule has 2 rings (SSSR count). The number of hydrogen-bond donors (Lipinski definition) is 1. The number of ether oxygens (including phenoxy) is 2. The predicted molar refractivity (Wildman–Crippen MR) is 66.0 cm³/mol. The highest BCUT2D eigenvalue weighted by atomic mass is 32.1. The quantitative estimate of drug-likeness (QED) is 0.900. The van der Waals surface area contributed by atoms with Crippen LogP contribution in [0.2, 0.25) is 0 Å². The molecule has 0 bridgehead atoms. The second-order valence-corrected chi connectivity index (χ2v) is 4.43. The van der Waals surface area contributed by atoms with E-state index in [0.717, 1.165) is 5.69 Å². The van der Waals surface area contributed by atoms with Gasteiger partial charge in [0.25, 0.3) is 0 Å². The second kappa shape index (κ2) is 5.28. The van der Waals surface area contributed by atoms with Crippen molar-refractivity contribution >= 4 is 11.3 Å². The van der Waals surface area contributed by atoms with Crippen molar-refractivity contribution < 1.29 is 14.6 Å². The van der Waals surface area contributed by atoms with Gasteiger partial charge in [0.05, 0.1) is 20.4 Å². The van der Waals surface area contributed by atoms with Gasteiger partial charge in [0.2, 0.25) is 11.8 Å². The second-order valence-electron chi connectivity index (χ2n) is 3.54. The van der Waals surface area contributed by atoms with Gasteiger partial charge in [-0.1, -0.05) is 0 Å². The molecular weight excluding hydrogens is 254 g/mol. The summed E-state index contributed by atoms with van der Waals surface area (Å²) in [6, 6.07) is 0. The van der Waals surface area contributed by atoms with Crippen LogP contribution in [0, 0.1) is 6.92 Å². The van der Waals surface area contributed by atoms with Crippen molar-refractivity contribution in [3.63, 3.8) is 0 Å². The van der Waals surface area contributed by atoms with Crippen molar-refractivity contribution in [3.8, 4) is 11.8 Å². The van der Waals surface area contributed by atoms with E-state index in [2.05, 4.69) is 15.0 Å². The fourth-order valence-electron chi connectivity index (χ4n) is 1.42. The first-order valence-corrected chi connectivity index (χ1v) is 6.08. The summed E-state index contributed by atoms with van der Waals surface area (Å²) in [7, 11) is 2.95. The minimum absolute atomic E-state index is 0.231. The molecule has 7 heteroatoms. The molecule has 2 heterocycles. The molecule has 0 aliphatic heterocycles. The zero-order chi connectivity index (χ0) is 13.1. The molecule has 18 heavy (non-hydrogen) atoms. The van der Waals surface area contributed by atoms with Gasteiger partial charge in [-0.25, -0.2) is 9.97 Å². The van der Waals surface area contributed by atoms with Gasteiger partial charge in [-0.3, -0.25) is 0 Å². The SMILES string of the molecule is COc1cnc(C(O)c2nc(C)cs2)c(OC)n1. The topological polar surface area (TPSA) is 77.4 Å². The Labute approximate surface area is 108 Å². The van der Waals surface area contributed by atoms with E-state index in [1.165, 1.54) is 31.8 Å². The zero-order valence-electron chi connectivity index (χ0n) is 10.2. The molecule has 1 unspecified atom stereocenters. The molecule has 0 saturated heterocycles. The van der Waals surface area contributed by atoms with Crippen LogP contribution in [-0.4, -0.2) is 34.3 Å². The summed E-state index contributed by atoms with van der Waals surface area (Å²) in [5, 5.41) is 12.6. The molecule has 1 N–H and O–H groups in total. The van der Waals surface area contributed by atoms with Crippen LogP contribution < -0.4 is 9.47 Å². The van der Waals surface area contributed by atoms with Crippen LogP contribution >= 0.6 is 11.3 Å². The largest absolute Gasteiger partial charge is 0.480 e. The van der Waals surface area contributed by atoms with Gasteiger partial charge in [0.15, 0.2) is 6.10 Å². The highest BCUT2D eigenvalue weighted by molar-refractivity contribution is 7.09. The molecule has 0 saturated carbocycles. The Morgan fingerprint density at radius 3 is 2.61 bits per heavy atom. The maximum Gasteiger partial charge on any atom is 0.241 e. The summed E-state index contributed by atoms with van der Waals surface area (Å²) in [4.78, 5) is 12.4. The molecule has 0 fully saturated rings. The van der Waals surface area contributed by atoms with Crippen molar-refractivity contribution in [1.29, 1.82) is 0 Å². The molecule has 96 valence electrons. The predicted octanol–water partition coefficient (Wildman–Crippen LogP) is 1.34. The van der Waals surface area contributed by atoms with Gasteiger partial charge >= 0.3 is 0 Å². The van der Waals surface area contributed by atoms with Crippen LogP contribution in [0.15, 0.2) is 11.6 Å². The van der Waals surface area contributed by atoms with Crippen LogP contribution in [0.5, 0.6) is 11.8 Å². The molecule has 0 aliphatic rings. The van der Waals surface area contributed by atoms with E-state index in [1.807, 2.05) is 12.3 Å². The number of rotatable bonds is 4. The summed E-state index contributed by atoms with van der Waals surface area (Å²) in [5.74, 6) is 0.563. The van der Waals surface area contributed by atoms with Gasteiger partial charge in [0, 0.05) is 11.1 Å². The first kappa shape index (κ1) is 12.7. The molecule has 2 aromatic heterocycles. The van der Waals surface area contributed by atoms with Gasteiger partial charge in [-0.2, -0.15) is 4.98 Å². The third-order valence-corrected chi connectivity index (χ3v) is 3.29. The lowest BCUT2D eigenvalue weighted by Gasteiger charge is -2.11. The van der Waals surface area contributed by atoms with E-state index in [4.69, 9.17) is 9.47 Å². The Balaban J connectivity index is 2.38. The first-order valence-electron chi connectivity index (χ1n) is 5.20. The van der Waals surface area contributed by atoms with Crippen LogP contribution in [0.25, 0.3) is 0 Å². The number of aliphatic hydroxyl groups is 1. The van der Waals surface area contributed by atoms with E-state index in [1.54, 1.807) is 0 Å². The van der Waals surface area contributed by atoms with Crippen LogP contribution in [0.4, 0.5) is 0 Å². The number of aromatic nitrogens is 3. The lowest BCUT2D eigenvalue weighted by Crippen LogP contribution is -2.07. The Morgan fingerprint density at radius 2 is 2.06 bits per heavy atom. The average molecular weight is 267 g/mol. The molecule has 0 aromatic carbocycles. The highest BCUT2D eigenvalue weighted by Crippen LogP contribution is 2.29. The van der Waals surface area contributed by atoms with Gasteiger partial charge in [-0.05, 0) is 6.92 Å². The molecule has 0 spiro atoms. The van der Waals surface area contributed by atoms with E-state index >= 15 is 0 Å². The van der Waals surface area contributed by atoms with E-state index < -0.39 is 6.10 Å². The third kappa shape index (κ3) is 2.41. The Bertz CT molecular complexity index is 544. The van der Waals surface area contributed by atoms with Crippen LogP contribution in [0.1, 0.15) is 22.5 Å². The fourth-order valence-corrected chi connectivity index (χ4v) is 2.20. The fraction of sp³-hybridized carbons (Fsp3) is 0.364. The Kier molecular flexibility index (Phi) is 3.73. The molecule has 0 aliphatic carbocycles. The molecular formula is C11H13N3O3S. The lowest BCUT2D eigenvalue weighted by atomic mass is 10.2. The van der Waals surface area contributed by atoms with Crippen molar-refractivity contribution in [2.45, 2.75) is 13.0 Å². The van der Waals surface area contributed by atoms with Crippen molar-refractivity contribution in [2.75, 3.05) is 14.2 Å². The minimum atomic E-state index is -0.947. The number of nitrogens with zero attached hydrogens (tertiary/aromatic N) is 3. The lowest BCUT2D eigenvalue weighted by molar-refractivity contribution is 0.206. The molecule has 0 radical (unpaired) electrons. The first-order chi connectivity index (χ1) is 8.65. The molecule has 0 amide bonds. The van der Waals surface area contributed by atoms with Crippen molar-refractivity contribution in [1.82, 2.24) is 15.0 Å². The maximum absolute atomic E-state index is 10.2. The normalized spacial score (nSPS) is 12.2. The number of methoxy groups -OCH3 is 2. The molecule has 2 aromatic rings. The third-order valence-electron chi connectivity index (χ3n) is 2.28. The Hall–Kier alpha value is -1.73. The van der Waals surface area contributed by atoms with E-state index in [9.17, 15) is 5.11 Å². The number of aryl methyl sites for hydroxylation is 1. The zero-order valence-corrected chi connectivity index (χ0v) is 11.1. The van der Waals surface area contributed by atoms with Crippen LogP contribution in [-0.2, 0) is 0 Å². The van der Waals surface area contributed by atoms with Crippen LogP contribution in [0.3, 0.4) is 0 Å². The summed E-state index contributed by atoms with van der Waals surface area (Å²) in [6.07, 6.45) is 0.485. The summed E-state index contributed by atoms with van der Waals surface area (Å²) in [5.41, 5.74) is 1.18. The van der Waals surface area contributed by atoms with Gasteiger partial charge in [-0.15, -0.1) is 11.3 Å². The summed E-state index contributed by atoms with van der Waals surface area (Å²) < 4.78 is 10.1. The summed E-state index contributed by atoms with van der Waals surface area (Å²) in [6.45, 7) is 1.86. The number of thiazole rings is 1. The molecule has 1 atom stereocenters. The smallest absolute Gasteiger partial charge is 0.241 e. The number of aliphatic hydroxyl groups excluding tert-OH is 1. The van der Waals surface area contributed by atoms with Gasteiger partial charge in [0.1, 0.15) is 10.7 Å². The standard InChI is InChI=1S/C11H13N3O3S/c1-6-5-18-11(13-6)9(15)8-10(17-3)14-7(16-2)4-12-8/h4-5,9,15H,1-3H3. The van der Waals surface area contributed by atoms with E-state index in [0.29, 0.717) is 16.6 Å². The van der Waals surface area contributed by atoms with Crippen molar-refractivity contribution in [2.24, 2.45) is 0 Å². The van der Waals surface area contributed by atoms with Gasteiger partial charge < -0.3 is 14.6 Å². The maximum atomic E-state index is 10.2. The number of hydrogen-bond acceptors (Lipinski definition) is 7.